The maximum atomic E-state index is 12.1. The molecule has 2 aromatic rings. The summed E-state index contributed by atoms with van der Waals surface area (Å²) < 4.78 is 24.2. The molecule has 0 saturated heterocycles. The molecule has 0 bridgehead atoms. The average molecular weight is 290 g/mol. The van der Waals surface area contributed by atoms with Crippen molar-refractivity contribution >= 4 is 61.2 Å². The minimum absolute atomic E-state index is 0. The Morgan fingerprint density at radius 1 is 0.667 bits per heavy atom. The van der Waals surface area contributed by atoms with Crippen LogP contribution >= 0.6 is 0 Å². The van der Waals surface area contributed by atoms with Gasteiger partial charge in [0.15, 0.2) is 0 Å². The second kappa shape index (κ2) is 6.18. The van der Waals surface area contributed by atoms with E-state index < -0.39 is 9.84 Å². The van der Waals surface area contributed by atoms with E-state index in [1.807, 2.05) is 0 Å². The SMILES string of the molecule is O=S(=O)(c1ccc(O)cc1)c1ccc(O)cc1.[KH]. The van der Waals surface area contributed by atoms with Crippen LogP contribution in [0.2, 0.25) is 0 Å². The van der Waals surface area contributed by atoms with Gasteiger partial charge in [0, 0.05) is 0 Å². The summed E-state index contributed by atoms with van der Waals surface area (Å²) in [6.45, 7) is 0. The Morgan fingerprint density at radius 2 is 0.944 bits per heavy atom. The van der Waals surface area contributed by atoms with E-state index in [0.29, 0.717) is 0 Å². The van der Waals surface area contributed by atoms with E-state index in [1.165, 1.54) is 48.5 Å². The van der Waals surface area contributed by atoms with Crippen LogP contribution in [0.15, 0.2) is 58.3 Å². The molecule has 90 valence electrons. The van der Waals surface area contributed by atoms with Crippen LogP contribution in [0.25, 0.3) is 0 Å². The molecule has 0 aliphatic heterocycles. The predicted molar refractivity (Wildman–Crippen MR) is 68.8 cm³/mol. The standard InChI is InChI=1S/C12H10O4S.K.H/c13-9-1-5-11(6-2-9)17(15,16)12-7-3-10(14)4-8-12;;/h1-8,13-14H;;. The van der Waals surface area contributed by atoms with Crippen molar-refractivity contribution in [3.8, 4) is 11.5 Å². The summed E-state index contributed by atoms with van der Waals surface area (Å²) in [6.07, 6.45) is 0. The van der Waals surface area contributed by atoms with Crippen LogP contribution in [0.3, 0.4) is 0 Å². The Balaban J connectivity index is 0.00000162. The minimum atomic E-state index is -3.59. The molecular weight excluding hydrogens is 279 g/mol. The summed E-state index contributed by atoms with van der Waals surface area (Å²) in [5.74, 6) is 0.0179. The van der Waals surface area contributed by atoms with Crippen molar-refractivity contribution in [3.05, 3.63) is 48.5 Å². The maximum absolute atomic E-state index is 12.1. The van der Waals surface area contributed by atoms with Gasteiger partial charge in [-0.1, -0.05) is 0 Å². The molecule has 2 aromatic carbocycles. The molecule has 0 saturated carbocycles. The van der Waals surface area contributed by atoms with E-state index >= 15 is 0 Å². The third kappa shape index (κ3) is 3.34. The summed E-state index contributed by atoms with van der Waals surface area (Å²) in [5.41, 5.74) is 0. The molecule has 0 fully saturated rings. The third-order valence-corrected chi connectivity index (χ3v) is 4.08. The summed E-state index contributed by atoms with van der Waals surface area (Å²) >= 11 is 0. The average Bonchev–Trinajstić information content (AvgIpc) is 2.30. The third-order valence-electron chi connectivity index (χ3n) is 2.29. The number of phenols is 2. The molecule has 0 aromatic heterocycles. The first-order valence-electron chi connectivity index (χ1n) is 4.83. The second-order valence-electron chi connectivity index (χ2n) is 3.49. The van der Waals surface area contributed by atoms with Crippen LogP contribution in [0.5, 0.6) is 11.5 Å². The Labute approximate surface area is 148 Å². The topological polar surface area (TPSA) is 74.6 Å². The van der Waals surface area contributed by atoms with Crippen molar-refractivity contribution in [3.63, 3.8) is 0 Å². The molecular formula is C12H11KO4S. The molecule has 0 aliphatic carbocycles. The van der Waals surface area contributed by atoms with Gasteiger partial charge in [-0.2, -0.15) is 0 Å². The summed E-state index contributed by atoms with van der Waals surface area (Å²) in [5, 5.41) is 18.2. The van der Waals surface area contributed by atoms with Gasteiger partial charge in [0.05, 0.1) is 9.79 Å². The summed E-state index contributed by atoms with van der Waals surface area (Å²) in [4.78, 5) is 0.196. The van der Waals surface area contributed by atoms with Crippen LogP contribution in [-0.4, -0.2) is 70.0 Å². The van der Waals surface area contributed by atoms with E-state index in [9.17, 15) is 8.42 Å². The van der Waals surface area contributed by atoms with Crippen molar-refractivity contribution in [1.29, 1.82) is 0 Å². The molecule has 0 spiro atoms. The second-order valence-corrected chi connectivity index (χ2v) is 5.44. The van der Waals surface area contributed by atoms with E-state index in [0.717, 1.165) is 0 Å². The number of sulfone groups is 1. The summed E-state index contributed by atoms with van der Waals surface area (Å²) in [6, 6.07) is 10.6. The molecule has 0 aliphatic rings. The molecule has 2 rings (SSSR count). The Bertz CT molecular complexity index is 567. The van der Waals surface area contributed by atoms with Gasteiger partial charge >= 0.3 is 51.4 Å². The summed E-state index contributed by atoms with van der Waals surface area (Å²) in [7, 11) is -3.59. The van der Waals surface area contributed by atoms with Gasteiger partial charge < -0.3 is 10.2 Å². The molecule has 4 nitrogen and oxygen atoms in total. The number of aromatic hydroxyl groups is 2. The van der Waals surface area contributed by atoms with Crippen LogP contribution in [0.1, 0.15) is 0 Å². The number of phenolic OH excluding ortho intramolecular Hbond substituents is 2. The first-order chi connectivity index (χ1) is 8.00. The molecule has 0 radical (unpaired) electrons. The zero-order valence-electron chi connectivity index (χ0n) is 8.74. The van der Waals surface area contributed by atoms with Gasteiger partial charge in [0.25, 0.3) is 0 Å². The van der Waals surface area contributed by atoms with Gasteiger partial charge in [-0.25, -0.2) is 8.42 Å². The van der Waals surface area contributed by atoms with Crippen LogP contribution in [0, 0.1) is 0 Å². The number of hydrogen-bond donors (Lipinski definition) is 2. The van der Waals surface area contributed by atoms with Gasteiger partial charge in [-0.05, 0) is 48.5 Å². The van der Waals surface area contributed by atoms with Crippen molar-refractivity contribution in [2.75, 3.05) is 0 Å². The van der Waals surface area contributed by atoms with Crippen LogP contribution in [-0.2, 0) is 9.84 Å². The molecule has 0 unspecified atom stereocenters. The quantitative estimate of drug-likeness (QED) is 0.817. The Morgan fingerprint density at radius 3 is 1.22 bits per heavy atom. The van der Waals surface area contributed by atoms with Crippen molar-refractivity contribution in [2.24, 2.45) is 0 Å². The fourth-order valence-electron chi connectivity index (χ4n) is 1.39. The molecule has 2 N–H and O–H groups in total. The normalized spacial score (nSPS) is 10.7. The van der Waals surface area contributed by atoms with E-state index in [2.05, 4.69) is 0 Å². The molecule has 0 heterocycles. The number of rotatable bonds is 2. The predicted octanol–water partition coefficient (Wildman–Crippen LogP) is 1.28. The Kier molecular flexibility index (Phi) is 5.39. The van der Waals surface area contributed by atoms with E-state index in [-0.39, 0.29) is 72.7 Å². The first-order valence-corrected chi connectivity index (χ1v) is 6.31. The Hall–Kier alpha value is -0.374. The van der Waals surface area contributed by atoms with Crippen LogP contribution in [0.4, 0.5) is 0 Å². The van der Waals surface area contributed by atoms with Crippen molar-refractivity contribution < 1.29 is 18.6 Å². The molecule has 0 amide bonds. The fourth-order valence-corrected chi connectivity index (χ4v) is 2.65. The van der Waals surface area contributed by atoms with E-state index in [4.69, 9.17) is 10.2 Å². The molecule has 0 atom stereocenters. The number of benzene rings is 2. The van der Waals surface area contributed by atoms with Gasteiger partial charge in [0.1, 0.15) is 11.5 Å². The van der Waals surface area contributed by atoms with Gasteiger partial charge in [-0.15, -0.1) is 0 Å². The molecule has 6 heteroatoms. The zero-order valence-corrected chi connectivity index (χ0v) is 9.55. The van der Waals surface area contributed by atoms with Gasteiger partial charge in [-0.3, -0.25) is 0 Å². The monoisotopic (exact) mass is 290 g/mol. The zero-order chi connectivity index (χ0) is 12.5. The fraction of sp³-hybridized carbons (Fsp3) is 0. The van der Waals surface area contributed by atoms with Crippen molar-refractivity contribution in [2.45, 2.75) is 9.79 Å². The van der Waals surface area contributed by atoms with Crippen molar-refractivity contribution in [1.82, 2.24) is 0 Å². The van der Waals surface area contributed by atoms with Gasteiger partial charge in [0.2, 0.25) is 9.84 Å². The first kappa shape index (κ1) is 15.7. The molecule has 18 heavy (non-hydrogen) atoms. The van der Waals surface area contributed by atoms with Crippen LogP contribution < -0.4 is 0 Å². The van der Waals surface area contributed by atoms with E-state index in [1.54, 1.807) is 0 Å². The number of hydrogen-bond acceptors (Lipinski definition) is 4.